The molecule has 7 nitrogen and oxygen atoms in total. The van der Waals surface area contributed by atoms with E-state index < -0.39 is 0 Å². The summed E-state index contributed by atoms with van der Waals surface area (Å²) in [7, 11) is 0. The fourth-order valence-corrected chi connectivity index (χ4v) is 4.03. The lowest BCUT2D eigenvalue weighted by Gasteiger charge is -2.34. The molecule has 0 unspecified atom stereocenters. The first kappa shape index (κ1) is 19.0. The van der Waals surface area contributed by atoms with Crippen molar-refractivity contribution in [1.82, 2.24) is 24.5 Å². The average molecular weight is 378 g/mol. The van der Waals surface area contributed by atoms with Gasteiger partial charge in [0.15, 0.2) is 4.96 Å². The Morgan fingerprint density at radius 1 is 1.31 bits per heavy atom. The summed E-state index contributed by atoms with van der Waals surface area (Å²) < 4.78 is 1.65. The fraction of sp³-hybridized carbons (Fsp3) is 0.611. The molecule has 142 valence electrons. The number of fused-ring (bicyclic) bond motifs is 1. The molecule has 1 atom stereocenters. The van der Waals surface area contributed by atoms with Crippen LogP contribution in [-0.4, -0.2) is 63.9 Å². The molecule has 2 aromatic rings. The smallest absolute Gasteiger partial charge is 0.259 e. The summed E-state index contributed by atoms with van der Waals surface area (Å²) in [5.74, 6) is 0.0982. The molecule has 8 heteroatoms. The molecule has 26 heavy (non-hydrogen) atoms. The van der Waals surface area contributed by atoms with Crippen molar-refractivity contribution in [2.45, 2.75) is 39.8 Å². The molecule has 0 aliphatic carbocycles. The average Bonchev–Trinajstić information content (AvgIpc) is 2.98. The van der Waals surface area contributed by atoms with E-state index in [0.717, 1.165) is 48.9 Å². The zero-order valence-corrected chi connectivity index (χ0v) is 16.5. The molecular weight excluding hydrogens is 350 g/mol. The highest BCUT2D eigenvalue weighted by atomic mass is 32.1. The summed E-state index contributed by atoms with van der Waals surface area (Å²) in [6.07, 6.45) is 0.945. The molecule has 1 saturated heterocycles. The van der Waals surface area contributed by atoms with Crippen molar-refractivity contribution in [2.75, 3.05) is 32.7 Å². The van der Waals surface area contributed by atoms with E-state index in [1.165, 1.54) is 11.3 Å². The lowest BCUT2D eigenvalue weighted by molar-refractivity contribution is -0.123. The molecule has 0 spiro atoms. The van der Waals surface area contributed by atoms with E-state index in [2.05, 4.69) is 27.0 Å². The van der Waals surface area contributed by atoms with Crippen molar-refractivity contribution < 1.29 is 4.79 Å². The Labute approximate surface area is 157 Å². The van der Waals surface area contributed by atoms with Gasteiger partial charge in [-0.2, -0.15) is 0 Å². The van der Waals surface area contributed by atoms with E-state index in [9.17, 15) is 9.59 Å². The van der Waals surface area contributed by atoms with Crippen molar-refractivity contribution in [3.8, 4) is 0 Å². The number of hydrogen-bond acceptors (Lipinski definition) is 6. The number of aromatic nitrogens is 2. The third-order valence-corrected chi connectivity index (χ3v) is 5.81. The highest BCUT2D eigenvalue weighted by Crippen LogP contribution is 2.13. The van der Waals surface area contributed by atoms with E-state index in [1.54, 1.807) is 10.5 Å². The quantitative estimate of drug-likeness (QED) is 0.816. The van der Waals surface area contributed by atoms with E-state index in [1.807, 2.05) is 19.2 Å². The zero-order valence-electron chi connectivity index (χ0n) is 15.7. The van der Waals surface area contributed by atoms with Gasteiger partial charge in [-0.1, -0.05) is 6.92 Å². The molecule has 1 aliphatic heterocycles. The van der Waals surface area contributed by atoms with Crippen LogP contribution in [0.15, 0.2) is 16.2 Å². The van der Waals surface area contributed by atoms with E-state index >= 15 is 0 Å². The topological polar surface area (TPSA) is 70.0 Å². The number of hydrogen-bond donors (Lipinski definition) is 1. The van der Waals surface area contributed by atoms with Crippen molar-refractivity contribution >= 4 is 22.2 Å². The lowest BCUT2D eigenvalue weighted by atomic mass is 10.2. The second-order valence-corrected chi connectivity index (χ2v) is 7.85. The lowest BCUT2D eigenvalue weighted by Crippen LogP contribution is -2.50. The first-order valence-corrected chi connectivity index (χ1v) is 10.0. The van der Waals surface area contributed by atoms with Gasteiger partial charge >= 0.3 is 0 Å². The maximum Gasteiger partial charge on any atom is 0.259 e. The molecule has 0 saturated carbocycles. The van der Waals surface area contributed by atoms with Gasteiger partial charge in [0, 0.05) is 55.9 Å². The van der Waals surface area contributed by atoms with E-state index in [0.29, 0.717) is 13.1 Å². The van der Waals surface area contributed by atoms with Crippen molar-refractivity contribution in [2.24, 2.45) is 0 Å². The Balaban J connectivity index is 1.53. The number of carbonyl (C=O) groups is 1. The number of nitrogens with one attached hydrogen (secondary N) is 1. The molecular formula is C18H27N5O2S. The highest BCUT2D eigenvalue weighted by Gasteiger charge is 2.20. The van der Waals surface area contributed by atoms with Crippen molar-refractivity contribution in [1.29, 1.82) is 0 Å². The molecule has 3 rings (SSSR count). The minimum absolute atomic E-state index is 0.0101. The van der Waals surface area contributed by atoms with Gasteiger partial charge in [-0.3, -0.25) is 23.8 Å². The molecule has 0 bridgehead atoms. The Bertz CT molecular complexity index is 823. The number of carbonyl (C=O) groups excluding carboxylic acids is 1. The molecule has 1 amide bonds. The maximum atomic E-state index is 12.3. The van der Waals surface area contributed by atoms with Gasteiger partial charge in [0.1, 0.15) is 0 Å². The molecule has 0 aromatic carbocycles. The number of piperazine rings is 1. The van der Waals surface area contributed by atoms with Gasteiger partial charge in [0.25, 0.3) is 5.56 Å². The Hall–Kier alpha value is -1.77. The second kappa shape index (κ2) is 8.28. The summed E-state index contributed by atoms with van der Waals surface area (Å²) in [6, 6.07) is 1.86. The predicted molar refractivity (Wildman–Crippen MR) is 104 cm³/mol. The van der Waals surface area contributed by atoms with Gasteiger partial charge in [-0.05, 0) is 20.3 Å². The summed E-state index contributed by atoms with van der Waals surface area (Å²) in [6.45, 7) is 10.6. The van der Waals surface area contributed by atoms with Gasteiger partial charge in [-0.25, -0.2) is 4.98 Å². The zero-order chi connectivity index (χ0) is 18.7. The first-order valence-electron chi connectivity index (χ1n) is 9.17. The van der Waals surface area contributed by atoms with Crippen LogP contribution in [0.3, 0.4) is 0 Å². The van der Waals surface area contributed by atoms with Crippen LogP contribution >= 0.6 is 11.3 Å². The van der Waals surface area contributed by atoms with Crippen molar-refractivity contribution in [3.05, 3.63) is 33.2 Å². The van der Waals surface area contributed by atoms with Crippen LogP contribution in [0.5, 0.6) is 0 Å². The molecule has 3 heterocycles. The Morgan fingerprint density at radius 2 is 2.00 bits per heavy atom. The first-order chi connectivity index (χ1) is 12.5. The number of thiazole rings is 1. The molecule has 1 aliphatic rings. The van der Waals surface area contributed by atoms with Crippen LogP contribution in [0.25, 0.3) is 4.96 Å². The second-order valence-electron chi connectivity index (χ2n) is 7.01. The summed E-state index contributed by atoms with van der Waals surface area (Å²) in [4.78, 5) is 34.1. The standard InChI is InChI=1S/C18H27N5O2S/c1-4-13(2)19-16(24)11-22-7-5-21(6-8-22)10-15-9-17(25)23-14(3)12-26-18(23)20-15/h9,12-13H,4-8,10-11H2,1-3H3,(H,19,24)/t13-/m1/s1. The largest absolute Gasteiger partial charge is 0.353 e. The van der Waals surface area contributed by atoms with Crippen LogP contribution in [-0.2, 0) is 11.3 Å². The number of rotatable bonds is 6. The third-order valence-electron chi connectivity index (χ3n) is 4.87. The summed E-state index contributed by atoms with van der Waals surface area (Å²) in [5.41, 5.74) is 1.74. The van der Waals surface area contributed by atoms with Gasteiger partial charge in [0.05, 0.1) is 12.2 Å². The number of aryl methyl sites for hydroxylation is 1. The van der Waals surface area contributed by atoms with Gasteiger partial charge < -0.3 is 5.32 Å². The highest BCUT2D eigenvalue weighted by molar-refractivity contribution is 7.15. The fourth-order valence-electron chi connectivity index (χ4n) is 3.14. The molecule has 2 aromatic heterocycles. The van der Waals surface area contributed by atoms with Crippen LogP contribution in [0.1, 0.15) is 31.7 Å². The summed E-state index contributed by atoms with van der Waals surface area (Å²) >= 11 is 1.50. The Morgan fingerprint density at radius 3 is 2.69 bits per heavy atom. The van der Waals surface area contributed by atoms with E-state index in [-0.39, 0.29) is 17.5 Å². The van der Waals surface area contributed by atoms with Gasteiger partial charge in [0.2, 0.25) is 5.91 Å². The third kappa shape index (κ3) is 4.49. The molecule has 1 fully saturated rings. The normalized spacial score (nSPS) is 17.5. The minimum Gasteiger partial charge on any atom is -0.353 e. The van der Waals surface area contributed by atoms with Crippen LogP contribution in [0, 0.1) is 6.92 Å². The maximum absolute atomic E-state index is 12.3. The molecule has 1 N–H and O–H groups in total. The Kier molecular flexibility index (Phi) is 6.05. The monoisotopic (exact) mass is 377 g/mol. The SMILES string of the molecule is CC[C@@H](C)NC(=O)CN1CCN(Cc2cc(=O)n3c(C)csc3n2)CC1. The molecule has 0 radical (unpaired) electrons. The van der Waals surface area contributed by atoms with Crippen LogP contribution in [0.2, 0.25) is 0 Å². The predicted octanol–water partition coefficient (Wildman–Crippen LogP) is 1.10. The van der Waals surface area contributed by atoms with Crippen molar-refractivity contribution in [3.63, 3.8) is 0 Å². The number of nitrogens with zero attached hydrogens (tertiary/aromatic N) is 4. The van der Waals surface area contributed by atoms with Gasteiger partial charge in [-0.15, -0.1) is 11.3 Å². The van der Waals surface area contributed by atoms with Crippen LogP contribution in [0.4, 0.5) is 0 Å². The summed E-state index contributed by atoms with van der Waals surface area (Å²) in [5, 5.41) is 4.97. The van der Waals surface area contributed by atoms with Crippen LogP contribution < -0.4 is 10.9 Å². The minimum atomic E-state index is -0.0101. The van der Waals surface area contributed by atoms with E-state index in [4.69, 9.17) is 0 Å². The number of amides is 1.